The largest absolute Gasteiger partial charge is 0.454 e. The summed E-state index contributed by atoms with van der Waals surface area (Å²) in [5.74, 6) is 1.41. The van der Waals surface area contributed by atoms with E-state index in [1.807, 2.05) is 82.6 Å². The number of aromatic nitrogens is 2. The molecule has 0 fully saturated rings. The van der Waals surface area contributed by atoms with Gasteiger partial charge in [0, 0.05) is 24.0 Å². The molecule has 1 atom stereocenters. The quantitative estimate of drug-likeness (QED) is 0.499. The summed E-state index contributed by atoms with van der Waals surface area (Å²) in [6.45, 7) is 1.31. The van der Waals surface area contributed by atoms with Gasteiger partial charge in [-0.1, -0.05) is 48.5 Å². The van der Waals surface area contributed by atoms with Gasteiger partial charge in [-0.15, -0.1) is 0 Å². The van der Waals surface area contributed by atoms with Crippen LogP contribution in [0.4, 0.5) is 5.69 Å². The molecule has 0 unspecified atom stereocenters. The summed E-state index contributed by atoms with van der Waals surface area (Å²) in [5, 5.41) is 8.10. The molecule has 3 aromatic carbocycles. The Kier molecular flexibility index (Phi) is 4.72. The van der Waals surface area contributed by atoms with Gasteiger partial charge >= 0.3 is 0 Å². The third-order valence-corrected chi connectivity index (χ3v) is 5.97. The Morgan fingerprint density at radius 3 is 2.64 bits per heavy atom. The number of amides is 1. The van der Waals surface area contributed by atoms with Crippen LogP contribution in [-0.4, -0.2) is 27.4 Å². The third-order valence-electron chi connectivity index (χ3n) is 5.97. The van der Waals surface area contributed by atoms with Crippen LogP contribution in [0, 0.1) is 0 Å². The number of hydrogen-bond donors (Lipinski definition) is 1. The second-order valence-corrected chi connectivity index (χ2v) is 8.17. The molecule has 0 saturated carbocycles. The molecular formula is C26H22N4O3. The Bertz CT molecular complexity index is 1320. The van der Waals surface area contributed by atoms with E-state index in [1.165, 1.54) is 5.56 Å². The molecular weight excluding hydrogens is 416 g/mol. The standard InChI is InChI=1S/C26H22N4O3/c31-26-21-8-4-5-9-22(21)28-25(20-13-27-29(16-20)14-18-6-2-1-3-7-18)30(26)15-19-10-11-23-24(12-19)33-17-32-23/h1-13,16,25,28H,14-15,17H2/t25-/m1/s1. The normalized spacial score (nSPS) is 16.4. The van der Waals surface area contributed by atoms with Crippen LogP contribution in [0.15, 0.2) is 85.2 Å². The summed E-state index contributed by atoms with van der Waals surface area (Å²) < 4.78 is 12.9. The van der Waals surface area contributed by atoms with Crippen LogP contribution in [0.2, 0.25) is 0 Å². The molecule has 33 heavy (non-hydrogen) atoms. The predicted octanol–water partition coefficient (Wildman–Crippen LogP) is 4.43. The lowest BCUT2D eigenvalue weighted by molar-refractivity contribution is 0.0666. The van der Waals surface area contributed by atoms with E-state index in [0.717, 1.165) is 22.6 Å². The zero-order chi connectivity index (χ0) is 22.2. The predicted molar refractivity (Wildman–Crippen MR) is 123 cm³/mol. The highest BCUT2D eigenvalue weighted by molar-refractivity contribution is 6.01. The molecule has 1 N–H and O–H groups in total. The van der Waals surface area contributed by atoms with Gasteiger partial charge in [-0.05, 0) is 35.4 Å². The molecule has 0 bridgehead atoms. The lowest BCUT2D eigenvalue weighted by Gasteiger charge is -2.37. The molecule has 0 radical (unpaired) electrons. The van der Waals surface area contributed by atoms with Crippen molar-refractivity contribution in [3.8, 4) is 11.5 Å². The van der Waals surface area contributed by atoms with Crippen molar-refractivity contribution in [3.05, 3.63) is 107 Å². The Balaban J connectivity index is 1.33. The van der Waals surface area contributed by atoms with Crippen molar-refractivity contribution in [2.45, 2.75) is 19.3 Å². The summed E-state index contributed by atoms with van der Waals surface area (Å²) in [7, 11) is 0. The first-order chi connectivity index (χ1) is 16.2. The summed E-state index contributed by atoms with van der Waals surface area (Å²) in [5.41, 5.74) is 4.55. The minimum Gasteiger partial charge on any atom is -0.454 e. The van der Waals surface area contributed by atoms with Gasteiger partial charge in [0.2, 0.25) is 6.79 Å². The van der Waals surface area contributed by atoms with Crippen molar-refractivity contribution >= 4 is 11.6 Å². The molecule has 1 amide bonds. The molecule has 7 nitrogen and oxygen atoms in total. The minimum atomic E-state index is -0.345. The average molecular weight is 438 g/mol. The van der Waals surface area contributed by atoms with Gasteiger partial charge in [-0.25, -0.2) is 0 Å². The highest BCUT2D eigenvalue weighted by atomic mass is 16.7. The second kappa shape index (κ2) is 8.02. The minimum absolute atomic E-state index is 0.0252. The average Bonchev–Trinajstić information content (AvgIpc) is 3.51. The molecule has 1 aromatic heterocycles. The smallest absolute Gasteiger partial charge is 0.258 e. The fourth-order valence-electron chi connectivity index (χ4n) is 4.33. The lowest BCUT2D eigenvalue weighted by atomic mass is 10.0. The van der Waals surface area contributed by atoms with E-state index >= 15 is 0 Å². The molecule has 3 heterocycles. The molecule has 0 aliphatic carbocycles. The van der Waals surface area contributed by atoms with Crippen molar-refractivity contribution in [2.24, 2.45) is 0 Å². The van der Waals surface area contributed by atoms with E-state index < -0.39 is 0 Å². The van der Waals surface area contributed by atoms with Crippen molar-refractivity contribution in [2.75, 3.05) is 12.1 Å². The summed E-state index contributed by atoms with van der Waals surface area (Å²) in [4.78, 5) is 15.4. The summed E-state index contributed by atoms with van der Waals surface area (Å²) in [6, 6.07) is 23.6. The van der Waals surface area contributed by atoms with Gasteiger partial charge in [0.25, 0.3) is 5.91 Å². The molecule has 0 spiro atoms. The second-order valence-electron chi connectivity index (χ2n) is 8.17. The highest BCUT2D eigenvalue weighted by Crippen LogP contribution is 2.36. The first-order valence-corrected chi connectivity index (χ1v) is 10.9. The van der Waals surface area contributed by atoms with Crippen LogP contribution in [0.3, 0.4) is 0 Å². The van der Waals surface area contributed by atoms with Crippen LogP contribution in [0.1, 0.15) is 33.2 Å². The SMILES string of the molecule is O=C1c2ccccc2N[C@@H](c2cnn(Cc3ccccc3)c2)N1Cc1ccc2c(c1)OCO2. The van der Waals surface area contributed by atoms with E-state index in [4.69, 9.17) is 9.47 Å². The van der Waals surface area contributed by atoms with Gasteiger partial charge in [-0.2, -0.15) is 5.10 Å². The van der Waals surface area contributed by atoms with Crippen molar-refractivity contribution in [1.82, 2.24) is 14.7 Å². The molecule has 6 rings (SSSR count). The maximum absolute atomic E-state index is 13.5. The maximum atomic E-state index is 13.5. The van der Waals surface area contributed by atoms with Crippen molar-refractivity contribution in [1.29, 1.82) is 0 Å². The fourth-order valence-corrected chi connectivity index (χ4v) is 4.33. The Hall–Kier alpha value is -4.26. The lowest BCUT2D eigenvalue weighted by Crippen LogP contribution is -2.42. The van der Waals surface area contributed by atoms with Gasteiger partial charge < -0.3 is 19.7 Å². The van der Waals surface area contributed by atoms with Crippen LogP contribution < -0.4 is 14.8 Å². The maximum Gasteiger partial charge on any atom is 0.258 e. The van der Waals surface area contributed by atoms with Crippen LogP contribution >= 0.6 is 0 Å². The van der Waals surface area contributed by atoms with Crippen molar-refractivity contribution in [3.63, 3.8) is 0 Å². The van der Waals surface area contributed by atoms with Gasteiger partial charge in [-0.3, -0.25) is 9.48 Å². The number of rotatable bonds is 5. The van der Waals surface area contributed by atoms with Crippen LogP contribution in [0.5, 0.6) is 11.5 Å². The number of hydrogen-bond acceptors (Lipinski definition) is 5. The molecule has 7 heteroatoms. The number of nitrogens with one attached hydrogen (secondary N) is 1. The first-order valence-electron chi connectivity index (χ1n) is 10.9. The number of carbonyl (C=O) groups is 1. The Labute approximate surface area is 191 Å². The number of fused-ring (bicyclic) bond motifs is 2. The number of carbonyl (C=O) groups excluding carboxylic acids is 1. The Morgan fingerprint density at radius 2 is 1.73 bits per heavy atom. The van der Waals surface area contributed by atoms with E-state index in [-0.39, 0.29) is 18.9 Å². The Morgan fingerprint density at radius 1 is 0.909 bits per heavy atom. The molecule has 4 aromatic rings. The van der Waals surface area contributed by atoms with E-state index in [2.05, 4.69) is 22.5 Å². The summed E-state index contributed by atoms with van der Waals surface area (Å²) >= 11 is 0. The topological polar surface area (TPSA) is 68.6 Å². The molecule has 0 saturated heterocycles. The summed E-state index contributed by atoms with van der Waals surface area (Å²) in [6.07, 6.45) is 3.48. The molecule has 164 valence electrons. The third kappa shape index (κ3) is 3.67. The number of anilines is 1. The first kappa shape index (κ1) is 19.4. The highest BCUT2D eigenvalue weighted by Gasteiger charge is 2.34. The van der Waals surface area contributed by atoms with Gasteiger partial charge in [0.05, 0.1) is 18.3 Å². The zero-order valence-corrected chi connectivity index (χ0v) is 17.8. The zero-order valence-electron chi connectivity index (χ0n) is 17.8. The van der Waals surface area contributed by atoms with E-state index in [9.17, 15) is 4.79 Å². The molecule has 2 aliphatic heterocycles. The van der Waals surface area contributed by atoms with Gasteiger partial charge in [0.1, 0.15) is 6.17 Å². The number of benzene rings is 3. The number of nitrogens with zero attached hydrogens (tertiary/aromatic N) is 3. The van der Waals surface area contributed by atoms with E-state index in [1.54, 1.807) is 0 Å². The van der Waals surface area contributed by atoms with E-state index in [0.29, 0.717) is 24.4 Å². The number of para-hydroxylation sites is 1. The monoisotopic (exact) mass is 438 g/mol. The number of ether oxygens (including phenoxy) is 2. The molecule has 2 aliphatic rings. The fraction of sp³-hybridized carbons (Fsp3) is 0.154. The van der Waals surface area contributed by atoms with Crippen molar-refractivity contribution < 1.29 is 14.3 Å². The van der Waals surface area contributed by atoms with Crippen LogP contribution in [0.25, 0.3) is 0 Å². The van der Waals surface area contributed by atoms with Gasteiger partial charge in [0.15, 0.2) is 11.5 Å². The van der Waals surface area contributed by atoms with Crippen LogP contribution in [-0.2, 0) is 13.1 Å².